The Balaban J connectivity index is 2.38. The second kappa shape index (κ2) is 7.60. The van der Waals surface area contributed by atoms with E-state index in [9.17, 15) is 14.4 Å². The highest BCUT2D eigenvalue weighted by Gasteiger charge is 2.31. The highest BCUT2D eigenvalue weighted by molar-refractivity contribution is 5.83. The molecular formula is C12H21N3O4. The molecule has 3 amide bonds. The van der Waals surface area contributed by atoms with Gasteiger partial charge in [-0.15, -0.1) is 0 Å². The molecule has 1 aliphatic heterocycles. The van der Waals surface area contributed by atoms with Crippen LogP contribution in [0.3, 0.4) is 0 Å². The number of rotatable bonds is 5. The SMILES string of the molecule is CCNC(=O)CCNC(=O)N1CCCCC1C(=O)O. The Hall–Kier alpha value is -1.79. The highest BCUT2D eigenvalue weighted by Crippen LogP contribution is 2.17. The predicted octanol–water partition coefficient (Wildman–Crippen LogP) is 0.161. The Kier molecular flexibility index (Phi) is 6.11. The fraction of sp³-hybridized carbons (Fsp3) is 0.750. The summed E-state index contributed by atoms with van der Waals surface area (Å²) in [6.45, 7) is 3.04. The summed E-state index contributed by atoms with van der Waals surface area (Å²) in [5, 5.41) is 14.3. The van der Waals surface area contributed by atoms with Crippen molar-refractivity contribution in [1.82, 2.24) is 15.5 Å². The van der Waals surface area contributed by atoms with E-state index in [1.165, 1.54) is 4.90 Å². The number of piperidine rings is 1. The van der Waals surface area contributed by atoms with Gasteiger partial charge in [-0.1, -0.05) is 0 Å². The molecule has 0 spiro atoms. The molecule has 0 aromatic carbocycles. The lowest BCUT2D eigenvalue weighted by molar-refractivity contribution is -0.143. The first kappa shape index (κ1) is 15.3. The zero-order chi connectivity index (χ0) is 14.3. The summed E-state index contributed by atoms with van der Waals surface area (Å²) in [6, 6.07) is -1.16. The van der Waals surface area contributed by atoms with Crippen LogP contribution in [0.5, 0.6) is 0 Å². The molecule has 0 aliphatic carbocycles. The van der Waals surface area contributed by atoms with Gasteiger partial charge in [0.15, 0.2) is 0 Å². The minimum Gasteiger partial charge on any atom is -0.480 e. The maximum absolute atomic E-state index is 11.9. The molecule has 0 radical (unpaired) electrons. The highest BCUT2D eigenvalue weighted by atomic mass is 16.4. The van der Waals surface area contributed by atoms with Crippen LogP contribution < -0.4 is 10.6 Å². The Morgan fingerprint density at radius 2 is 2.00 bits per heavy atom. The summed E-state index contributed by atoms with van der Waals surface area (Å²) in [5.41, 5.74) is 0. The lowest BCUT2D eigenvalue weighted by Gasteiger charge is -2.32. The van der Waals surface area contributed by atoms with Gasteiger partial charge in [0, 0.05) is 26.1 Å². The molecule has 1 saturated heterocycles. The van der Waals surface area contributed by atoms with Crippen molar-refractivity contribution >= 4 is 17.9 Å². The molecule has 1 atom stereocenters. The van der Waals surface area contributed by atoms with Crippen molar-refractivity contribution in [1.29, 1.82) is 0 Å². The number of carboxylic acids is 1. The van der Waals surface area contributed by atoms with Gasteiger partial charge in [-0.05, 0) is 26.2 Å². The molecule has 19 heavy (non-hydrogen) atoms. The van der Waals surface area contributed by atoms with Crippen molar-refractivity contribution in [2.45, 2.75) is 38.6 Å². The van der Waals surface area contributed by atoms with E-state index in [0.29, 0.717) is 19.5 Å². The summed E-state index contributed by atoms with van der Waals surface area (Å²) < 4.78 is 0. The Morgan fingerprint density at radius 1 is 1.26 bits per heavy atom. The van der Waals surface area contributed by atoms with E-state index in [1.807, 2.05) is 6.92 Å². The number of carbonyl (C=O) groups is 3. The molecule has 1 aliphatic rings. The molecule has 0 saturated carbocycles. The van der Waals surface area contributed by atoms with Crippen molar-refractivity contribution in [2.24, 2.45) is 0 Å². The van der Waals surface area contributed by atoms with E-state index in [0.717, 1.165) is 12.8 Å². The van der Waals surface area contributed by atoms with Gasteiger partial charge in [-0.3, -0.25) is 4.79 Å². The molecule has 7 nitrogen and oxygen atoms in total. The Bertz CT molecular complexity index is 346. The third-order valence-electron chi connectivity index (χ3n) is 3.05. The number of hydrogen-bond acceptors (Lipinski definition) is 3. The first-order valence-corrected chi connectivity index (χ1v) is 6.60. The summed E-state index contributed by atoms with van der Waals surface area (Å²) in [5.74, 6) is -1.10. The number of amides is 3. The van der Waals surface area contributed by atoms with Gasteiger partial charge in [0.2, 0.25) is 5.91 Å². The van der Waals surface area contributed by atoms with Crippen LogP contribution in [0.15, 0.2) is 0 Å². The number of carboxylic acid groups (broad SMARTS) is 1. The second-order valence-corrected chi connectivity index (χ2v) is 4.48. The van der Waals surface area contributed by atoms with Crippen LogP contribution in [0.2, 0.25) is 0 Å². The Morgan fingerprint density at radius 3 is 2.63 bits per heavy atom. The monoisotopic (exact) mass is 271 g/mol. The third kappa shape index (κ3) is 4.76. The van der Waals surface area contributed by atoms with Crippen molar-refractivity contribution in [3.8, 4) is 0 Å². The molecule has 3 N–H and O–H groups in total. The third-order valence-corrected chi connectivity index (χ3v) is 3.05. The van der Waals surface area contributed by atoms with Crippen LogP contribution in [-0.4, -0.2) is 53.6 Å². The molecular weight excluding hydrogens is 250 g/mol. The number of carbonyl (C=O) groups excluding carboxylic acids is 2. The fourth-order valence-corrected chi connectivity index (χ4v) is 2.10. The molecule has 1 heterocycles. The van der Waals surface area contributed by atoms with Crippen LogP contribution in [0, 0.1) is 0 Å². The number of hydrogen-bond donors (Lipinski definition) is 3. The average molecular weight is 271 g/mol. The molecule has 1 rings (SSSR count). The first-order valence-electron chi connectivity index (χ1n) is 6.60. The van der Waals surface area contributed by atoms with Gasteiger partial charge in [0.1, 0.15) is 6.04 Å². The summed E-state index contributed by atoms with van der Waals surface area (Å²) >= 11 is 0. The molecule has 1 fully saturated rings. The van der Waals surface area contributed by atoms with E-state index in [-0.39, 0.29) is 18.9 Å². The van der Waals surface area contributed by atoms with Crippen LogP contribution in [0.4, 0.5) is 4.79 Å². The molecule has 0 aromatic rings. The topological polar surface area (TPSA) is 98.7 Å². The fourth-order valence-electron chi connectivity index (χ4n) is 2.10. The molecule has 7 heteroatoms. The van der Waals surface area contributed by atoms with E-state index >= 15 is 0 Å². The van der Waals surface area contributed by atoms with Crippen LogP contribution in [-0.2, 0) is 9.59 Å². The smallest absolute Gasteiger partial charge is 0.326 e. The van der Waals surface area contributed by atoms with Crippen molar-refractivity contribution in [2.75, 3.05) is 19.6 Å². The second-order valence-electron chi connectivity index (χ2n) is 4.48. The minimum atomic E-state index is -0.974. The summed E-state index contributed by atoms with van der Waals surface area (Å²) in [4.78, 5) is 35.5. The largest absolute Gasteiger partial charge is 0.480 e. The quantitative estimate of drug-likeness (QED) is 0.663. The van der Waals surface area contributed by atoms with Crippen molar-refractivity contribution in [3.05, 3.63) is 0 Å². The lowest BCUT2D eigenvalue weighted by Crippen LogP contribution is -2.52. The molecule has 108 valence electrons. The van der Waals surface area contributed by atoms with Gasteiger partial charge in [0.25, 0.3) is 0 Å². The van der Waals surface area contributed by atoms with Gasteiger partial charge < -0.3 is 20.6 Å². The van der Waals surface area contributed by atoms with Gasteiger partial charge in [0.05, 0.1) is 0 Å². The number of urea groups is 1. The van der Waals surface area contributed by atoms with Crippen molar-refractivity contribution in [3.63, 3.8) is 0 Å². The van der Waals surface area contributed by atoms with Gasteiger partial charge in [-0.2, -0.15) is 0 Å². The minimum absolute atomic E-state index is 0.128. The van der Waals surface area contributed by atoms with Gasteiger partial charge in [-0.25, -0.2) is 9.59 Å². The van der Waals surface area contributed by atoms with E-state index in [2.05, 4.69) is 10.6 Å². The van der Waals surface area contributed by atoms with Crippen LogP contribution >= 0.6 is 0 Å². The maximum atomic E-state index is 11.9. The predicted molar refractivity (Wildman–Crippen MR) is 68.7 cm³/mol. The number of nitrogens with zero attached hydrogens (tertiary/aromatic N) is 1. The van der Waals surface area contributed by atoms with Crippen molar-refractivity contribution < 1.29 is 19.5 Å². The zero-order valence-electron chi connectivity index (χ0n) is 11.1. The lowest BCUT2D eigenvalue weighted by atomic mass is 10.0. The molecule has 0 bridgehead atoms. The number of likely N-dealkylation sites (tertiary alicyclic amines) is 1. The summed E-state index contributed by atoms with van der Waals surface area (Å²) in [7, 11) is 0. The van der Waals surface area contributed by atoms with E-state index in [1.54, 1.807) is 0 Å². The Labute approximate surface area is 112 Å². The van der Waals surface area contributed by atoms with Gasteiger partial charge >= 0.3 is 12.0 Å². The molecule has 1 unspecified atom stereocenters. The van der Waals surface area contributed by atoms with E-state index in [4.69, 9.17) is 5.11 Å². The summed E-state index contributed by atoms with van der Waals surface area (Å²) in [6.07, 6.45) is 2.32. The molecule has 0 aromatic heterocycles. The first-order chi connectivity index (χ1) is 9.06. The van der Waals surface area contributed by atoms with Crippen LogP contribution in [0.1, 0.15) is 32.6 Å². The maximum Gasteiger partial charge on any atom is 0.326 e. The zero-order valence-corrected chi connectivity index (χ0v) is 11.1. The van der Waals surface area contributed by atoms with Crippen LogP contribution in [0.25, 0.3) is 0 Å². The number of nitrogens with one attached hydrogen (secondary N) is 2. The standard InChI is InChI=1S/C12H21N3O4/c1-2-13-10(16)6-7-14-12(19)15-8-4-3-5-9(15)11(17)18/h9H,2-8H2,1H3,(H,13,16)(H,14,19)(H,17,18). The average Bonchev–Trinajstić information content (AvgIpc) is 2.38. The van der Waals surface area contributed by atoms with E-state index < -0.39 is 18.0 Å². The normalized spacial score (nSPS) is 18.8. The number of aliphatic carboxylic acids is 1.